The van der Waals surface area contributed by atoms with Gasteiger partial charge >= 0.3 is 0 Å². The fourth-order valence-corrected chi connectivity index (χ4v) is 3.05. The highest BCUT2D eigenvalue weighted by molar-refractivity contribution is 5.52. The lowest BCUT2D eigenvalue weighted by atomic mass is 9.75. The fourth-order valence-electron chi connectivity index (χ4n) is 3.05. The van der Waals surface area contributed by atoms with Gasteiger partial charge in [0.2, 0.25) is 0 Å². The second-order valence-corrected chi connectivity index (χ2v) is 6.11. The summed E-state index contributed by atoms with van der Waals surface area (Å²) >= 11 is 0. The molecule has 1 N–H and O–H groups in total. The molecule has 1 aromatic rings. The summed E-state index contributed by atoms with van der Waals surface area (Å²) in [5.41, 5.74) is 2.94. The van der Waals surface area contributed by atoms with Gasteiger partial charge in [0.05, 0.1) is 0 Å². The quantitative estimate of drug-likeness (QED) is 0.826. The molecular formula is C16H28N4. The van der Waals surface area contributed by atoms with Crippen molar-refractivity contribution < 1.29 is 0 Å². The van der Waals surface area contributed by atoms with Crippen LogP contribution in [0.5, 0.6) is 0 Å². The summed E-state index contributed by atoms with van der Waals surface area (Å²) in [6, 6.07) is 2.13. The van der Waals surface area contributed by atoms with Crippen LogP contribution in [-0.2, 0) is 6.54 Å². The molecule has 0 aliphatic heterocycles. The first-order valence-corrected chi connectivity index (χ1v) is 7.61. The molecule has 0 saturated heterocycles. The van der Waals surface area contributed by atoms with Gasteiger partial charge in [-0.3, -0.25) is 4.98 Å². The largest absolute Gasteiger partial charge is 0.372 e. The lowest BCUT2D eigenvalue weighted by Crippen LogP contribution is -2.56. The lowest BCUT2D eigenvalue weighted by molar-refractivity contribution is 0.0683. The van der Waals surface area contributed by atoms with E-state index in [9.17, 15) is 0 Å². The molecule has 0 spiro atoms. The number of hydrogen-bond donors (Lipinski definition) is 1. The summed E-state index contributed by atoms with van der Waals surface area (Å²) in [6.07, 6.45) is 7.84. The number of nitrogens with zero attached hydrogens (tertiary/aromatic N) is 3. The maximum absolute atomic E-state index is 4.27. The van der Waals surface area contributed by atoms with E-state index in [0.29, 0.717) is 5.54 Å². The zero-order valence-electron chi connectivity index (χ0n) is 13.3. The Labute approximate surface area is 123 Å². The Hall–Kier alpha value is -1.13. The molecule has 0 aromatic carbocycles. The standard InChI is InChI=1S/C16H28N4/c1-5-17-11-14-12-18-10-7-15(14)20(4)13-16(19(2)3)8-6-9-16/h7,10,12,17H,5-6,8-9,11,13H2,1-4H3. The van der Waals surface area contributed by atoms with Crippen molar-refractivity contribution in [2.75, 3.05) is 39.1 Å². The molecule has 4 nitrogen and oxygen atoms in total. The highest BCUT2D eigenvalue weighted by atomic mass is 15.2. The third-order valence-electron chi connectivity index (χ3n) is 4.62. The maximum Gasteiger partial charge on any atom is 0.0440 e. The summed E-state index contributed by atoms with van der Waals surface area (Å²) in [5.74, 6) is 0. The molecule has 1 aliphatic rings. The predicted octanol–water partition coefficient (Wildman–Crippen LogP) is 2.11. The molecule has 0 atom stereocenters. The Morgan fingerprint density at radius 1 is 1.30 bits per heavy atom. The van der Waals surface area contributed by atoms with Crippen molar-refractivity contribution in [1.29, 1.82) is 0 Å². The average molecular weight is 276 g/mol. The number of aromatic nitrogens is 1. The Morgan fingerprint density at radius 3 is 2.60 bits per heavy atom. The van der Waals surface area contributed by atoms with Gasteiger partial charge in [-0.15, -0.1) is 0 Å². The van der Waals surface area contributed by atoms with Gasteiger partial charge in [0.1, 0.15) is 0 Å². The molecule has 0 unspecified atom stereocenters. The van der Waals surface area contributed by atoms with Crippen molar-refractivity contribution in [3.63, 3.8) is 0 Å². The topological polar surface area (TPSA) is 31.4 Å². The molecule has 0 bridgehead atoms. The van der Waals surface area contributed by atoms with Gasteiger partial charge in [0, 0.05) is 49.3 Å². The van der Waals surface area contributed by atoms with E-state index in [4.69, 9.17) is 0 Å². The Balaban J connectivity index is 2.10. The van der Waals surface area contributed by atoms with Crippen LogP contribution >= 0.6 is 0 Å². The number of anilines is 1. The molecule has 0 amide bonds. The van der Waals surface area contributed by atoms with E-state index in [1.807, 2.05) is 12.4 Å². The lowest BCUT2D eigenvalue weighted by Gasteiger charge is -2.49. The first-order chi connectivity index (χ1) is 9.59. The minimum atomic E-state index is 0.355. The number of pyridine rings is 1. The molecule has 1 saturated carbocycles. The fraction of sp³-hybridized carbons (Fsp3) is 0.688. The Kier molecular flexibility index (Phi) is 5.00. The highest BCUT2D eigenvalue weighted by Gasteiger charge is 2.40. The summed E-state index contributed by atoms with van der Waals surface area (Å²) in [5, 5.41) is 3.40. The number of nitrogens with one attached hydrogen (secondary N) is 1. The monoisotopic (exact) mass is 276 g/mol. The van der Waals surface area contributed by atoms with Crippen molar-refractivity contribution in [2.45, 2.75) is 38.3 Å². The van der Waals surface area contributed by atoms with E-state index in [2.05, 4.69) is 54.2 Å². The van der Waals surface area contributed by atoms with Crippen molar-refractivity contribution in [3.05, 3.63) is 24.0 Å². The summed E-state index contributed by atoms with van der Waals surface area (Å²) in [4.78, 5) is 9.07. The third kappa shape index (κ3) is 3.13. The van der Waals surface area contributed by atoms with Gasteiger partial charge in [0.15, 0.2) is 0 Å². The second-order valence-electron chi connectivity index (χ2n) is 6.11. The zero-order valence-corrected chi connectivity index (χ0v) is 13.3. The van der Waals surface area contributed by atoms with Crippen molar-refractivity contribution >= 4 is 5.69 Å². The molecule has 112 valence electrons. The van der Waals surface area contributed by atoms with E-state index in [-0.39, 0.29) is 0 Å². The molecule has 0 radical (unpaired) electrons. The van der Waals surface area contributed by atoms with Gasteiger partial charge in [-0.05, 0) is 46.0 Å². The van der Waals surface area contributed by atoms with Crippen LogP contribution in [0.2, 0.25) is 0 Å². The maximum atomic E-state index is 4.27. The normalized spacial score (nSPS) is 17.1. The molecule has 1 heterocycles. The van der Waals surface area contributed by atoms with E-state index < -0.39 is 0 Å². The minimum Gasteiger partial charge on any atom is -0.372 e. The molecule has 1 aromatic heterocycles. The predicted molar refractivity (Wildman–Crippen MR) is 85.2 cm³/mol. The van der Waals surface area contributed by atoms with Crippen LogP contribution in [0.3, 0.4) is 0 Å². The summed E-state index contributed by atoms with van der Waals surface area (Å²) in [7, 11) is 6.62. The molecule has 2 rings (SSSR count). The van der Waals surface area contributed by atoms with Crippen LogP contribution in [0, 0.1) is 0 Å². The van der Waals surface area contributed by atoms with Crippen LogP contribution in [-0.4, -0.2) is 49.7 Å². The number of rotatable bonds is 7. The SMILES string of the molecule is CCNCc1cnccc1N(C)CC1(N(C)C)CCC1. The second kappa shape index (κ2) is 6.55. The molecule has 1 aliphatic carbocycles. The van der Waals surface area contributed by atoms with Crippen molar-refractivity contribution in [1.82, 2.24) is 15.2 Å². The van der Waals surface area contributed by atoms with Crippen LogP contribution in [0.4, 0.5) is 5.69 Å². The summed E-state index contributed by atoms with van der Waals surface area (Å²) < 4.78 is 0. The van der Waals surface area contributed by atoms with Gasteiger partial charge in [0.25, 0.3) is 0 Å². The van der Waals surface area contributed by atoms with E-state index in [1.54, 1.807) is 0 Å². The van der Waals surface area contributed by atoms with E-state index >= 15 is 0 Å². The van der Waals surface area contributed by atoms with Crippen LogP contribution < -0.4 is 10.2 Å². The van der Waals surface area contributed by atoms with Gasteiger partial charge in [-0.1, -0.05) is 6.92 Å². The Bertz CT molecular complexity index is 426. The zero-order chi connectivity index (χ0) is 14.6. The minimum absolute atomic E-state index is 0.355. The highest BCUT2D eigenvalue weighted by Crippen LogP contribution is 2.37. The molecular weight excluding hydrogens is 248 g/mol. The number of likely N-dealkylation sites (N-methyl/N-ethyl adjacent to an activating group) is 2. The van der Waals surface area contributed by atoms with Crippen LogP contribution in [0.15, 0.2) is 18.5 Å². The number of hydrogen-bond acceptors (Lipinski definition) is 4. The smallest absolute Gasteiger partial charge is 0.0440 e. The Morgan fingerprint density at radius 2 is 2.05 bits per heavy atom. The third-order valence-corrected chi connectivity index (χ3v) is 4.62. The average Bonchev–Trinajstić information content (AvgIpc) is 2.40. The van der Waals surface area contributed by atoms with Crippen molar-refractivity contribution in [2.24, 2.45) is 0 Å². The van der Waals surface area contributed by atoms with Crippen LogP contribution in [0.25, 0.3) is 0 Å². The first-order valence-electron chi connectivity index (χ1n) is 7.61. The van der Waals surface area contributed by atoms with Gasteiger partial charge in [-0.25, -0.2) is 0 Å². The van der Waals surface area contributed by atoms with E-state index in [1.165, 1.54) is 30.5 Å². The summed E-state index contributed by atoms with van der Waals surface area (Å²) in [6.45, 7) is 5.09. The van der Waals surface area contributed by atoms with Crippen LogP contribution in [0.1, 0.15) is 31.7 Å². The van der Waals surface area contributed by atoms with Gasteiger partial charge in [-0.2, -0.15) is 0 Å². The molecule has 1 fully saturated rings. The van der Waals surface area contributed by atoms with Crippen molar-refractivity contribution in [3.8, 4) is 0 Å². The molecule has 20 heavy (non-hydrogen) atoms. The van der Waals surface area contributed by atoms with E-state index in [0.717, 1.165) is 19.6 Å². The molecule has 4 heteroatoms. The first kappa shape index (κ1) is 15.3. The van der Waals surface area contributed by atoms with Gasteiger partial charge < -0.3 is 15.1 Å².